The lowest BCUT2D eigenvalue weighted by Crippen LogP contribution is -1.99. The molecule has 0 aromatic carbocycles. The molecule has 1 atom stereocenters. The van der Waals surface area contributed by atoms with Crippen LogP contribution in [-0.2, 0) is 0 Å². The first-order chi connectivity index (χ1) is 4.72. The van der Waals surface area contributed by atoms with Gasteiger partial charge in [-0.3, -0.25) is 0 Å². The second-order valence-corrected chi connectivity index (χ2v) is 4.35. The predicted octanol–water partition coefficient (Wildman–Crippen LogP) is 2.26. The summed E-state index contributed by atoms with van der Waals surface area (Å²) in [5, 5.41) is 7.97. The van der Waals surface area contributed by atoms with Crippen molar-refractivity contribution in [2.45, 2.75) is 13.8 Å². The van der Waals surface area contributed by atoms with Crippen LogP contribution in [0.15, 0.2) is 12.2 Å². The summed E-state index contributed by atoms with van der Waals surface area (Å²) >= 11 is 0. The molecule has 0 saturated carbocycles. The van der Waals surface area contributed by atoms with Crippen LogP contribution in [0.25, 0.3) is 0 Å². The SMILES string of the molecule is C/C=C/C[SH](CC)C(=O)O. The van der Waals surface area contributed by atoms with E-state index in [4.69, 9.17) is 5.11 Å². The van der Waals surface area contributed by atoms with Gasteiger partial charge >= 0.3 is 5.30 Å². The van der Waals surface area contributed by atoms with Gasteiger partial charge in [-0.25, -0.2) is 4.79 Å². The molecule has 3 heteroatoms. The van der Waals surface area contributed by atoms with Crippen LogP contribution in [0.1, 0.15) is 13.8 Å². The molecule has 0 saturated heterocycles. The maximum atomic E-state index is 10.4. The molecule has 0 aromatic heterocycles. The highest BCUT2D eigenvalue weighted by Gasteiger charge is 2.06. The van der Waals surface area contributed by atoms with Crippen molar-refractivity contribution < 1.29 is 9.90 Å². The number of allylic oxidation sites excluding steroid dienone is 1. The molecule has 2 nitrogen and oxygen atoms in total. The Bertz CT molecular complexity index is 132. The molecule has 0 aliphatic carbocycles. The van der Waals surface area contributed by atoms with Crippen LogP contribution < -0.4 is 0 Å². The van der Waals surface area contributed by atoms with Gasteiger partial charge in [0.15, 0.2) is 0 Å². The fourth-order valence-electron chi connectivity index (χ4n) is 0.575. The predicted molar refractivity (Wildman–Crippen MR) is 47.2 cm³/mol. The number of carbonyl (C=O) groups is 1. The van der Waals surface area contributed by atoms with E-state index in [0.29, 0.717) is 0 Å². The van der Waals surface area contributed by atoms with Gasteiger partial charge in [0, 0.05) is 5.75 Å². The minimum absolute atomic E-state index is 0.629. The third-order valence-electron chi connectivity index (χ3n) is 1.21. The third-order valence-corrected chi connectivity index (χ3v) is 3.17. The van der Waals surface area contributed by atoms with Crippen molar-refractivity contribution in [1.29, 1.82) is 0 Å². The molecule has 0 aliphatic rings. The summed E-state index contributed by atoms with van der Waals surface area (Å²) in [5.74, 6) is 1.49. The van der Waals surface area contributed by atoms with E-state index in [0.717, 1.165) is 11.5 Å². The van der Waals surface area contributed by atoms with Crippen LogP contribution in [0.3, 0.4) is 0 Å². The zero-order valence-corrected chi connectivity index (χ0v) is 7.27. The molecule has 0 radical (unpaired) electrons. The van der Waals surface area contributed by atoms with E-state index in [2.05, 4.69) is 0 Å². The van der Waals surface area contributed by atoms with E-state index < -0.39 is 16.2 Å². The Morgan fingerprint density at radius 3 is 2.60 bits per heavy atom. The molecule has 1 N–H and O–H groups in total. The van der Waals surface area contributed by atoms with E-state index >= 15 is 0 Å². The van der Waals surface area contributed by atoms with Gasteiger partial charge in [0.05, 0.1) is 0 Å². The Balaban J connectivity index is 3.71. The fraction of sp³-hybridized carbons (Fsp3) is 0.571. The van der Waals surface area contributed by atoms with Gasteiger partial charge < -0.3 is 5.11 Å². The summed E-state index contributed by atoms with van der Waals surface area (Å²) in [6, 6.07) is 0. The maximum absolute atomic E-state index is 10.4. The van der Waals surface area contributed by atoms with Crippen LogP contribution in [0.4, 0.5) is 4.79 Å². The monoisotopic (exact) mass is 162 g/mol. The molecule has 60 valence electrons. The topological polar surface area (TPSA) is 37.3 Å². The number of hydrogen-bond donors (Lipinski definition) is 2. The quantitative estimate of drug-likeness (QED) is 0.493. The zero-order chi connectivity index (χ0) is 7.98. The Kier molecular flexibility index (Phi) is 5.12. The number of rotatable bonds is 3. The van der Waals surface area contributed by atoms with E-state index in [9.17, 15) is 4.79 Å². The summed E-state index contributed by atoms with van der Waals surface area (Å²) in [6.45, 7) is 3.83. The van der Waals surface area contributed by atoms with Gasteiger partial charge in [-0.2, -0.15) is 10.9 Å². The van der Waals surface area contributed by atoms with Crippen LogP contribution in [0.2, 0.25) is 0 Å². The van der Waals surface area contributed by atoms with Crippen molar-refractivity contribution in [1.82, 2.24) is 0 Å². The normalized spacial score (nSPS) is 15.6. The minimum Gasteiger partial charge on any atom is -0.474 e. The van der Waals surface area contributed by atoms with E-state index in [1.54, 1.807) is 0 Å². The highest BCUT2D eigenvalue weighted by Crippen LogP contribution is 2.24. The average molecular weight is 162 g/mol. The van der Waals surface area contributed by atoms with Gasteiger partial charge in [-0.05, 0) is 12.7 Å². The molecule has 0 heterocycles. The minimum atomic E-state index is -0.793. The molecule has 0 amide bonds. The van der Waals surface area contributed by atoms with Gasteiger partial charge in [-0.15, -0.1) is 0 Å². The number of carboxylic acid groups (broad SMARTS) is 1. The van der Waals surface area contributed by atoms with Crippen molar-refractivity contribution in [3.05, 3.63) is 12.2 Å². The molecule has 1 unspecified atom stereocenters. The summed E-state index contributed by atoms with van der Waals surface area (Å²) in [5.41, 5.74) is 0. The van der Waals surface area contributed by atoms with Crippen LogP contribution in [-0.4, -0.2) is 21.9 Å². The van der Waals surface area contributed by atoms with Gasteiger partial charge in [0.25, 0.3) is 0 Å². The standard InChI is InChI=1S/C7H14O2S/c1-3-5-6-10(4-2)7(8)9/h3,5,10H,4,6H2,1-2H3,(H,8,9)/b5-3+. The molecule has 10 heavy (non-hydrogen) atoms. The summed E-state index contributed by atoms with van der Waals surface area (Å²) < 4.78 is 0. The first-order valence-corrected chi connectivity index (χ1v) is 5.02. The average Bonchev–Trinajstić information content (AvgIpc) is 1.89. The highest BCUT2D eigenvalue weighted by atomic mass is 32.2. The highest BCUT2D eigenvalue weighted by molar-refractivity contribution is 8.29. The van der Waals surface area contributed by atoms with Gasteiger partial charge in [-0.1, -0.05) is 19.1 Å². The Morgan fingerprint density at radius 1 is 1.70 bits per heavy atom. The first kappa shape index (κ1) is 9.56. The molecule has 0 spiro atoms. The molecule has 0 bridgehead atoms. The van der Waals surface area contributed by atoms with Gasteiger partial charge in [0.1, 0.15) is 0 Å². The van der Waals surface area contributed by atoms with Crippen LogP contribution in [0, 0.1) is 0 Å². The van der Waals surface area contributed by atoms with Crippen molar-refractivity contribution in [3.63, 3.8) is 0 Å². The molecule has 0 aliphatic heterocycles. The molecule has 0 rings (SSSR count). The largest absolute Gasteiger partial charge is 0.474 e. The first-order valence-electron chi connectivity index (χ1n) is 3.31. The summed E-state index contributed by atoms with van der Waals surface area (Å²) in [7, 11) is -0.793. The van der Waals surface area contributed by atoms with Crippen LogP contribution >= 0.6 is 10.9 Å². The third kappa shape index (κ3) is 3.56. The molecular formula is C7H14O2S. The second-order valence-electron chi connectivity index (χ2n) is 1.89. The van der Waals surface area contributed by atoms with E-state index in [1.807, 2.05) is 26.0 Å². The molecular weight excluding hydrogens is 148 g/mol. The van der Waals surface area contributed by atoms with E-state index in [-0.39, 0.29) is 0 Å². The van der Waals surface area contributed by atoms with Crippen molar-refractivity contribution in [2.75, 3.05) is 11.5 Å². The van der Waals surface area contributed by atoms with Crippen LogP contribution in [0.5, 0.6) is 0 Å². The second kappa shape index (κ2) is 5.35. The Hall–Kier alpha value is -0.440. The summed E-state index contributed by atoms with van der Waals surface area (Å²) in [6.07, 6.45) is 3.82. The lowest BCUT2D eigenvalue weighted by atomic mass is 10.6. The van der Waals surface area contributed by atoms with E-state index in [1.165, 1.54) is 0 Å². The number of hydrogen-bond acceptors (Lipinski definition) is 1. The van der Waals surface area contributed by atoms with Crippen molar-refractivity contribution >= 4 is 16.2 Å². The fourth-order valence-corrected chi connectivity index (χ4v) is 1.73. The smallest absolute Gasteiger partial charge is 0.344 e. The zero-order valence-electron chi connectivity index (χ0n) is 6.37. The van der Waals surface area contributed by atoms with Crippen molar-refractivity contribution in [2.24, 2.45) is 0 Å². The lowest BCUT2D eigenvalue weighted by molar-refractivity contribution is 0.221. The number of thiol groups is 1. The Labute approximate surface area is 64.3 Å². The van der Waals surface area contributed by atoms with Gasteiger partial charge in [0.2, 0.25) is 0 Å². The molecule has 0 aromatic rings. The Morgan fingerprint density at radius 2 is 2.30 bits per heavy atom. The summed E-state index contributed by atoms with van der Waals surface area (Å²) in [4.78, 5) is 10.4. The van der Waals surface area contributed by atoms with Crippen molar-refractivity contribution in [3.8, 4) is 0 Å². The lowest BCUT2D eigenvalue weighted by Gasteiger charge is -2.09. The molecule has 0 fully saturated rings. The maximum Gasteiger partial charge on any atom is 0.344 e.